The molecule has 3 aliphatic heterocycles. The lowest BCUT2D eigenvalue weighted by molar-refractivity contribution is -0.121. The molecule has 3 aliphatic rings. The van der Waals surface area contributed by atoms with Gasteiger partial charge in [-0.15, -0.1) is 0 Å². The van der Waals surface area contributed by atoms with E-state index in [9.17, 15) is 9.18 Å². The summed E-state index contributed by atoms with van der Waals surface area (Å²) in [6.07, 6.45) is 0. The van der Waals surface area contributed by atoms with Gasteiger partial charge < -0.3 is 9.47 Å². The first-order valence-corrected chi connectivity index (χ1v) is 11.3. The molecule has 0 unspecified atom stereocenters. The summed E-state index contributed by atoms with van der Waals surface area (Å²) in [5, 5.41) is 0. The van der Waals surface area contributed by atoms with Crippen LogP contribution < -0.4 is 9.64 Å². The summed E-state index contributed by atoms with van der Waals surface area (Å²) in [7, 11) is 0. The molecule has 0 atom stereocenters. The fraction of sp³-hybridized carbons (Fsp3) is 0.296. The maximum absolute atomic E-state index is 14.7. The molecule has 168 valence electrons. The van der Waals surface area contributed by atoms with Gasteiger partial charge >= 0.3 is 0 Å². The topological polar surface area (TPSA) is 42.0 Å². The third kappa shape index (κ3) is 2.94. The van der Waals surface area contributed by atoms with Crippen molar-refractivity contribution in [1.82, 2.24) is 4.90 Å². The van der Waals surface area contributed by atoms with Crippen molar-refractivity contribution in [1.29, 1.82) is 0 Å². The normalized spacial score (nSPS) is 18.6. The van der Waals surface area contributed by atoms with Crippen molar-refractivity contribution < 1.29 is 18.7 Å². The Labute approximate surface area is 192 Å². The number of hydrogen-bond acceptors (Lipinski definition) is 4. The van der Waals surface area contributed by atoms with Crippen LogP contribution in [0.5, 0.6) is 11.5 Å². The highest BCUT2D eigenvalue weighted by atomic mass is 19.1. The maximum atomic E-state index is 14.7. The lowest BCUT2D eigenvalue weighted by Crippen LogP contribution is -2.49. The van der Waals surface area contributed by atoms with Gasteiger partial charge in [-0.25, -0.2) is 4.39 Å². The highest BCUT2D eigenvalue weighted by Gasteiger charge is 2.57. The number of benzene rings is 3. The van der Waals surface area contributed by atoms with Crippen LogP contribution in [-0.4, -0.2) is 43.8 Å². The Morgan fingerprint density at radius 1 is 0.879 bits per heavy atom. The highest BCUT2D eigenvalue weighted by molar-refractivity contribution is 6.14. The van der Waals surface area contributed by atoms with E-state index in [4.69, 9.17) is 9.47 Å². The number of morpholine rings is 1. The smallest absolute Gasteiger partial charge is 0.248 e. The molecule has 1 saturated heterocycles. The Morgan fingerprint density at radius 3 is 2.15 bits per heavy atom. The molecule has 6 rings (SSSR count). The Bertz CT molecular complexity index is 1230. The minimum absolute atomic E-state index is 0.0758. The van der Waals surface area contributed by atoms with Gasteiger partial charge in [0, 0.05) is 29.8 Å². The summed E-state index contributed by atoms with van der Waals surface area (Å²) in [4.78, 5) is 18.5. The molecule has 0 aromatic heterocycles. The van der Waals surface area contributed by atoms with Crippen LogP contribution in [0, 0.1) is 19.7 Å². The second-order valence-corrected chi connectivity index (χ2v) is 9.12. The van der Waals surface area contributed by atoms with Gasteiger partial charge in [0.25, 0.3) is 0 Å². The number of aryl methyl sites for hydroxylation is 2. The van der Waals surface area contributed by atoms with Gasteiger partial charge in [-0.2, -0.15) is 0 Å². The van der Waals surface area contributed by atoms with E-state index >= 15 is 0 Å². The van der Waals surface area contributed by atoms with E-state index in [1.165, 1.54) is 12.1 Å². The molecule has 0 bridgehead atoms. The minimum Gasteiger partial charge on any atom is -0.457 e. The van der Waals surface area contributed by atoms with Crippen LogP contribution in [0.15, 0.2) is 54.6 Å². The number of carbonyl (C=O) groups excluding carboxylic acids is 1. The molecule has 5 nitrogen and oxygen atoms in total. The number of halogens is 1. The average molecular weight is 445 g/mol. The second kappa shape index (κ2) is 7.40. The van der Waals surface area contributed by atoms with Crippen LogP contribution in [-0.2, 0) is 14.9 Å². The van der Waals surface area contributed by atoms with Gasteiger partial charge in [0.2, 0.25) is 5.91 Å². The molecule has 1 fully saturated rings. The van der Waals surface area contributed by atoms with Crippen LogP contribution in [0.2, 0.25) is 0 Å². The van der Waals surface area contributed by atoms with Crippen molar-refractivity contribution in [3.8, 4) is 11.5 Å². The summed E-state index contributed by atoms with van der Waals surface area (Å²) in [6.45, 7) is 7.21. The van der Waals surface area contributed by atoms with Crippen LogP contribution in [0.3, 0.4) is 0 Å². The standard InChI is InChI=1S/C27H25FN2O3/c1-17-3-6-20-24(13-17)33-25-14-18(2)4-7-21(25)27(20)22-15-19(28)5-8-23(22)30(26(27)31)16-29-9-11-32-12-10-29/h3-8,13-15H,9-12,16H2,1-2H3. The molecule has 1 spiro atoms. The molecule has 3 heterocycles. The summed E-state index contributed by atoms with van der Waals surface area (Å²) in [6, 6.07) is 16.5. The van der Waals surface area contributed by atoms with Crippen molar-refractivity contribution in [3.05, 3.63) is 88.2 Å². The lowest BCUT2D eigenvalue weighted by atomic mass is 9.68. The molecule has 33 heavy (non-hydrogen) atoms. The van der Waals surface area contributed by atoms with Gasteiger partial charge in [-0.05, 0) is 55.3 Å². The first-order chi connectivity index (χ1) is 16.0. The Hall–Kier alpha value is -3.22. The second-order valence-electron chi connectivity index (χ2n) is 9.12. The van der Waals surface area contributed by atoms with Gasteiger partial charge in [-0.1, -0.05) is 24.3 Å². The number of anilines is 1. The first kappa shape index (κ1) is 20.4. The fourth-order valence-electron chi connectivity index (χ4n) is 5.39. The van der Waals surface area contributed by atoms with E-state index in [-0.39, 0.29) is 11.7 Å². The largest absolute Gasteiger partial charge is 0.457 e. The monoisotopic (exact) mass is 444 g/mol. The van der Waals surface area contributed by atoms with Gasteiger partial charge in [0.15, 0.2) is 0 Å². The predicted octanol–water partition coefficient (Wildman–Crippen LogP) is 4.52. The zero-order valence-electron chi connectivity index (χ0n) is 18.7. The van der Waals surface area contributed by atoms with Crippen molar-refractivity contribution in [3.63, 3.8) is 0 Å². The minimum atomic E-state index is -1.16. The summed E-state index contributed by atoms with van der Waals surface area (Å²) < 4.78 is 26.5. The molecule has 0 N–H and O–H groups in total. The van der Waals surface area contributed by atoms with Crippen LogP contribution in [0.25, 0.3) is 0 Å². The summed E-state index contributed by atoms with van der Waals surface area (Å²) in [5.74, 6) is 0.853. The summed E-state index contributed by atoms with van der Waals surface area (Å²) in [5.41, 5.74) is 3.84. The Morgan fingerprint density at radius 2 is 1.52 bits per heavy atom. The number of fused-ring (bicyclic) bond motifs is 6. The molecule has 3 aromatic rings. The van der Waals surface area contributed by atoms with Gasteiger partial charge in [-0.3, -0.25) is 14.6 Å². The molecular weight excluding hydrogens is 419 g/mol. The zero-order chi connectivity index (χ0) is 22.7. The van der Waals surface area contributed by atoms with E-state index in [0.29, 0.717) is 36.9 Å². The number of nitrogens with zero attached hydrogens (tertiary/aromatic N) is 2. The third-order valence-corrected chi connectivity index (χ3v) is 6.97. The van der Waals surface area contributed by atoms with Crippen molar-refractivity contribution in [2.24, 2.45) is 0 Å². The van der Waals surface area contributed by atoms with E-state index in [1.807, 2.05) is 50.2 Å². The van der Waals surface area contributed by atoms with Crippen molar-refractivity contribution >= 4 is 11.6 Å². The number of carbonyl (C=O) groups is 1. The van der Waals surface area contributed by atoms with Gasteiger partial charge in [0.05, 0.1) is 25.6 Å². The lowest BCUT2D eigenvalue weighted by Gasteiger charge is -2.37. The molecule has 0 saturated carbocycles. The van der Waals surface area contributed by atoms with E-state index in [1.54, 1.807) is 11.0 Å². The fourth-order valence-corrected chi connectivity index (χ4v) is 5.39. The van der Waals surface area contributed by atoms with Crippen molar-refractivity contribution in [2.45, 2.75) is 19.3 Å². The molecular formula is C27H25FN2O3. The van der Waals surface area contributed by atoms with Gasteiger partial charge in [0.1, 0.15) is 22.7 Å². The van der Waals surface area contributed by atoms with Crippen LogP contribution in [0.1, 0.15) is 27.8 Å². The zero-order valence-corrected chi connectivity index (χ0v) is 18.7. The van der Waals surface area contributed by atoms with Crippen LogP contribution in [0.4, 0.5) is 10.1 Å². The molecule has 3 aromatic carbocycles. The molecule has 6 heteroatoms. The van der Waals surface area contributed by atoms with E-state index in [2.05, 4.69) is 4.90 Å². The molecule has 0 aliphatic carbocycles. The van der Waals surface area contributed by atoms with E-state index < -0.39 is 5.41 Å². The number of hydrogen-bond donors (Lipinski definition) is 0. The quantitative estimate of drug-likeness (QED) is 0.583. The average Bonchev–Trinajstić information content (AvgIpc) is 3.02. The Kier molecular flexibility index (Phi) is 4.57. The maximum Gasteiger partial charge on any atom is 0.248 e. The first-order valence-electron chi connectivity index (χ1n) is 11.3. The highest BCUT2D eigenvalue weighted by Crippen LogP contribution is 2.58. The van der Waals surface area contributed by atoms with Crippen LogP contribution >= 0.6 is 0 Å². The SMILES string of the molecule is Cc1ccc2c(c1)Oc1cc(C)ccc1C21C(=O)N(CN2CCOCC2)c2ccc(F)cc21. The summed E-state index contributed by atoms with van der Waals surface area (Å²) >= 11 is 0. The van der Waals surface area contributed by atoms with E-state index in [0.717, 1.165) is 41.0 Å². The number of ether oxygens (including phenoxy) is 2. The Balaban J connectivity index is 1.62. The number of rotatable bonds is 2. The third-order valence-electron chi connectivity index (χ3n) is 6.97. The molecule has 0 radical (unpaired) electrons. The predicted molar refractivity (Wildman–Crippen MR) is 123 cm³/mol. The van der Waals surface area contributed by atoms with Crippen molar-refractivity contribution in [2.75, 3.05) is 37.9 Å². The number of amides is 1. The molecule has 1 amide bonds.